The maximum atomic E-state index is 13.5. The van der Waals surface area contributed by atoms with Gasteiger partial charge in [-0.3, -0.25) is 14.5 Å². The summed E-state index contributed by atoms with van der Waals surface area (Å²) in [4.78, 5) is 31.8. The summed E-state index contributed by atoms with van der Waals surface area (Å²) in [5, 5.41) is 7.60. The zero-order chi connectivity index (χ0) is 23.7. The van der Waals surface area contributed by atoms with Crippen molar-refractivity contribution in [1.29, 1.82) is 0 Å². The Bertz CT molecular complexity index is 1340. The Morgan fingerprint density at radius 1 is 1.24 bits per heavy atom. The van der Waals surface area contributed by atoms with Crippen molar-refractivity contribution < 1.29 is 18.5 Å². The SMILES string of the molecule is Cc1noc2nc(-c3ccco3)cc(C(=O)Nc3ccccc3CN3CCCC(C(N)=O)C3)c12. The highest BCUT2D eigenvalue weighted by atomic mass is 16.5. The Kier molecular flexibility index (Phi) is 5.85. The molecule has 4 aromatic rings. The molecule has 9 nitrogen and oxygen atoms in total. The molecule has 1 atom stereocenters. The topological polar surface area (TPSA) is 127 Å². The largest absolute Gasteiger partial charge is 0.463 e. The molecule has 0 bridgehead atoms. The van der Waals surface area contributed by atoms with Crippen molar-refractivity contribution >= 4 is 28.6 Å². The minimum atomic E-state index is -0.299. The zero-order valence-corrected chi connectivity index (χ0v) is 18.8. The molecule has 1 aliphatic rings. The molecule has 0 saturated carbocycles. The molecule has 9 heteroatoms. The first-order valence-electron chi connectivity index (χ1n) is 11.2. The van der Waals surface area contributed by atoms with Gasteiger partial charge in [-0.15, -0.1) is 0 Å². The molecule has 4 heterocycles. The number of para-hydroxylation sites is 1. The Balaban J connectivity index is 1.43. The van der Waals surface area contributed by atoms with Gasteiger partial charge in [0.25, 0.3) is 11.6 Å². The number of piperidine rings is 1. The fraction of sp³-hybridized carbons (Fsp3) is 0.280. The third-order valence-corrected chi connectivity index (χ3v) is 6.20. The van der Waals surface area contributed by atoms with Gasteiger partial charge in [0.15, 0.2) is 5.76 Å². The fourth-order valence-corrected chi connectivity index (χ4v) is 4.47. The van der Waals surface area contributed by atoms with Gasteiger partial charge in [0.2, 0.25) is 5.91 Å². The summed E-state index contributed by atoms with van der Waals surface area (Å²) >= 11 is 0. The van der Waals surface area contributed by atoms with E-state index in [2.05, 4.69) is 20.4 Å². The normalized spacial score (nSPS) is 16.6. The van der Waals surface area contributed by atoms with Crippen LogP contribution in [0.1, 0.15) is 34.5 Å². The Morgan fingerprint density at radius 2 is 2.09 bits per heavy atom. The first-order valence-corrected chi connectivity index (χ1v) is 11.2. The lowest BCUT2D eigenvalue weighted by atomic mass is 9.97. The van der Waals surface area contributed by atoms with E-state index < -0.39 is 0 Å². The summed E-state index contributed by atoms with van der Waals surface area (Å²) in [6.07, 6.45) is 3.28. The van der Waals surface area contributed by atoms with Crippen LogP contribution in [0.25, 0.3) is 22.6 Å². The Labute approximate surface area is 195 Å². The number of fused-ring (bicyclic) bond motifs is 1. The van der Waals surface area contributed by atoms with Crippen LogP contribution < -0.4 is 11.1 Å². The number of carbonyl (C=O) groups is 2. The van der Waals surface area contributed by atoms with Gasteiger partial charge in [-0.2, -0.15) is 0 Å². The number of nitrogens with zero attached hydrogens (tertiary/aromatic N) is 3. The molecule has 0 radical (unpaired) electrons. The number of amides is 2. The van der Waals surface area contributed by atoms with Crippen molar-refractivity contribution in [2.24, 2.45) is 11.7 Å². The van der Waals surface area contributed by atoms with E-state index in [1.165, 1.54) is 0 Å². The van der Waals surface area contributed by atoms with E-state index in [1.807, 2.05) is 24.3 Å². The first-order chi connectivity index (χ1) is 16.5. The number of rotatable bonds is 6. The average molecular weight is 460 g/mol. The molecule has 3 aromatic heterocycles. The zero-order valence-electron chi connectivity index (χ0n) is 18.8. The van der Waals surface area contributed by atoms with Gasteiger partial charge in [0, 0.05) is 18.8 Å². The summed E-state index contributed by atoms with van der Waals surface area (Å²) in [5.41, 5.74) is 8.93. The van der Waals surface area contributed by atoms with Crippen molar-refractivity contribution in [3.8, 4) is 11.5 Å². The van der Waals surface area contributed by atoms with Gasteiger partial charge in [-0.1, -0.05) is 23.4 Å². The predicted octanol–water partition coefficient (Wildman–Crippen LogP) is 3.74. The van der Waals surface area contributed by atoms with Crippen molar-refractivity contribution in [3.05, 3.63) is 65.5 Å². The predicted molar refractivity (Wildman–Crippen MR) is 126 cm³/mol. The molecule has 1 aromatic carbocycles. The third kappa shape index (κ3) is 4.29. The van der Waals surface area contributed by atoms with Crippen LogP contribution in [0, 0.1) is 12.8 Å². The second kappa shape index (κ2) is 9.11. The molecule has 2 amide bonds. The van der Waals surface area contributed by atoms with Crippen LogP contribution in [-0.4, -0.2) is 39.9 Å². The lowest BCUT2D eigenvalue weighted by Crippen LogP contribution is -2.40. The third-order valence-electron chi connectivity index (χ3n) is 6.20. The van der Waals surface area contributed by atoms with Crippen molar-refractivity contribution in [2.75, 3.05) is 18.4 Å². The molecule has 5 rings (SSSR count). The standard InChI is InChI=1S/C25H25N5O4/c1-15-22-18(12-20(21-9-5-11-33-21)28-25(22)34-29-15)24(32)27-19-8-3-2-6-16(19)13-30-10-4-7-17(14-30)23(26)31/h2-3,5-6,8-9,11-12,17H,4,7,10,13-14H2,1H3,(H2,26,31)(H,27,32). The van der Waals surface area contributed by atoms with E-state index in [-0.39, 0.29) is 23.4 Å². The number of hydrogen-bond acceptors (Lipinski definition) is 7. The maximum Gasteiger partial charge on any atom is 0.259 e. The number of anilines is 1. The molecule has 1 unspecified atom stereocenters. The molecular weight excluding hydrogens is 434 g/mol. The number of carbonyl (C=O) groups excluding carboxylic acids is 2. The monoisotopic (exact) mass is 459 g/mol. The van der Waals surface area contributed by atoms with Gasteiger partial charge in [0.05, 0.1) is 28.8 Å². The van der Waals surface area contributed by atoms with Gasteiger partial charge in [-0.25, -0.2) is 4.98 Å². The molecule has 0 spiro atoms. The van der Waals surface area contributed by atoms with Crippen molar-refractivity contribution in [1.82, 2.24) is 15.0 Å². The highest BCUT2D eigenvalue weighted by Gasteiger charge is 2.25. The average Bonchev–Trinajstić information content (AvgIpc) is 3.50. The number of furan rings is 1. The second-order valence-corrected chi connectivity index (χ2v) is 8.57. The summed E-state index contributed by atoms with van der Waals surface area (Å²) in [5.74, 6) is -0.172. The molecule has 3 N–H and O–H groups in total. The number of primary amides is 1. The van der Waals surface area contributed by atoms with Crippen molar-refractivity contribution in [2.45, 2.75) is 26.3 Å². The second-order valence-electron chi connectivity index (χ2n) is 8.57. The van der Waals surface area contributed by atoms with E-state index in [1.54, 1.807) is 31.4 Å². The van der Waals surface area contributed by atoms with Crippen LogP contribution in [-0.2, 0) is 11.3 Å². The van der Waals surface area contributed by atoms with Crippen LogP contribution in [0.4, 0.5) is 5.69 Å². The summed E-state index contributed by atoms with van der Waals surface area (Å²) < 4.78 is 10.8. The molecule has 1 fully saturated rings. The number of hydrogen-bond donors (Lipinski definition) is 2. The first kappa shape index (κ1) is 21.8. The molecular formula is C25H25N5O4. The quantitative estimate of drug-likeness (QED) is 0.449. The van der Waals surface area contributed by atoms with Gasteiger partial charge in [-0.05, 0) is 56.1 Å². The van der Waals surface area contributed by atoms with E-state index >= 15 is 0 Å². The van der Waals surface area contributed by atoms with Crippen LogP contribution in [0.3, 0.4) is 0 Å². The van der Waals surface area contributed by atoms with Gasteiger partial charge < -0.3 is 20.0 Å². The van der Waals surface area contributed by atoms with E-state index in [0.29, 0.717) is 46.9 Å². The number of aryl methyl sites for hydroxylation is 1. The minimum absolute atomic E-state index is 0.141. The number of likely N-dealkylation sites (tertiary alicyclic amines) is 1. The lowest BCUT2D eigenvalue weighted by molar-refractivity contribution is -0.123. The van der Waals surface area contributed by atoms with Gasteiger partial charge in [0.1, 0.15) is 5.69 Å². The van der Waals surface area contributed by atoms with Crippen molar-refractivity contribution in [3.63, 3.8) is 0 Å². The summed E-state index contributed by atoms with van der Waals surface area (Å²) in [7, 11) is 0. The fourth-order valence-electron chi connectivity index (χ4n) is 4.47. The molecule has 34 heavy (non-hydrogen) atoms. The van der Waals surface area contributed by atoms with Crippen LogP contribution in [0.5, 0.6) is 0 Å². The van der Waals surface area contributed by atoms with E-state index in [4.69, 9.17) is 14.7 Å². The van der Waals surface area contributed by atoms with Gasteiger partial charge >= 0.3 is 0 Å². The summed E-state index contributed by atoms with van der Waals surface area (Å²) in [6.45, 7) is 3.88. The highest BCUT2D eigenvalue weighted by Crippen LogP contribution is 2.29. The molecule has 1 aliphatic heterocycles. The van der Waals surface area contributed by atoms with Crippen LogP contribution in [0.15, 0.2) is 57.7 Å². The van der Waals surface area contributed by atoms with Crippen LogP contribution >= 0.6 is 0 Å². The Morgan fingerprint density at radius 3 is 2.88 bits per heavy atom. The Hall–Kier alpha value is -3.98. The lowest BCUT2D eigenvalue weighted by Gasteiger charge is -2.31. The van der Waals surface area contributed by atoms with Crippen LogP contribution in [0.2, 0.25) is 0 Å². The number of aromatic nitrogens is 2. The number of nitrogens with two attached hydrogens (primary N) is 1. The van der Waals surface area contributed by atoms with E-state index in [9.17, 15) is 9.59 Å². The minimum Gasteiger partial charge on any atom is -0.463 e. The smallest absolute Gasteiger partial charge is 0.259 e. The molecule has 1 saturated heterocycles. The molecule has 0 aliphatic carbocycles. The maximum absolute atomic E-state index is 13.5. The number of benzene rings is 1. The highest BCUT2D eigenvalue weighted by molar-refractivity contribution is 6.13. The number of pyridine rings is 1. The number of nitrogens with one attached hydrogen (secondary N) is 1. The van der Waals surface area contributed by atoms with E-state index in [0.717, 1.165) is 24.9 Å². The molecule has 174 valence electrons. The summed E-state index contributed by atoms with van der Waals surface area (Å²) in [6, 6.07) is 12.9.